The molecule has 0 aromatic heterocycles. The van der Waals surface area contributed by atoms with Crippen LogP contribution in [-0.4, -0.2) is 24.9 Å². The molecule has 0 bridgehead atoms. The average Bonchev–Trinajstić information content (AvgIpc) is 2.04. The van der Waals surface area contributed by atoms with Gasteiger partial charge < -0.3 is 10.6 Å². The summed E-state index contributed by atoms with van der Waals surface area (Å²) in [5, 5.41) is 0. The Morgan fingerprint density at radius 1 is 1.38 bits per heavy atom. The van der Waals surface area contributed by atoms with Gasteiger partial charge in [0.15, 0.2) is 0 Å². The van der Waals surface area contributed by atoms with Gasteiger partial charge in [-0.15, -0.1) is 0 Å². The fourth-order valence-electron chi connectivity index (χ4n) is 1.10. The Morgan fingerprint density at radius 2 is 1.92 bits per heavy atom. The van der Waals surface area contributed by atoms with Crippen LogP contribution in [0.15, 0.2) is 11.3 Å². The maximum atomic E-state index is 11.6. The lowest BCUT2D eigenvalue weighted by atomic mass is 10.1. The molecule has 0 fully saturated rings. The quantitative estimate of drug-likeness (QED) is 0.673. The van der Waals surface area contributed by atoms with Gasteiger partial charge in [0, 0.05) is 25.4 Å². The molecule has 0 unspecified atom stereocenters. The third-order valence-electron chi connectivity index (χ3n) is 1.92. The molecule has 0 aliphatic carbocycles. The summed E-state index contributed by atoms with van der Waals surface area (Å²) in [6.45, 7) is 3.88. The van der Waals surface area contributed by atoms with Crippen molar-refractivity contribution in [3.63, 3.8) is 0 Å². The van der Waals surface area contributed by atoms with E-state index in [0.29, 0.717) is 5.70 Å². The normalized spacial score (nSPS) is 12.3. The van der Waals surface area contributed by atoms with Crippen LogP contribution < -0.4 is 5.73 Å². The summed E-state index contributed by atoms with van der Waals surface area (Å²) in [6, 6.07) is 0. The Kier molecular flexibility index (Phi) is 5.19. The monoisotopic (exact) mass is 184 g/mol. The van der Waals surface area contributed by atoms with Crippen molar-refractivity contribution in [2.45, 2.75) is 33.1 Å². The van der Waals surface area contributed by atoms with E-state index in [1.165, 1.54) is 0 Å². The van der Waals surface area contributed by atoms with E-state index < -0.39 is 0 Å². The summed E-state index contributed by atoms with van der Waals surface area (Å²) >= 11 is 0. The highest BCUT2D eigenvalue weighted by Crippen LogP contribution is 2.11. The molecule has 0 radical (unpaired) electrons. The van der Waals surface area contributed by atoms with Crippen LogP contribution in [-0.2, 0) is 4.79 Å². The van der Waals surface area contributed by atoms with Crippen molar-refractivity contribution < 1.29 is 4.79 Å². The van der Waals surface area contributed by atoms with Gasteiger partial charge in [0.05, 0.1) is 0 Å². The summed E-state index contributed by atoms with van der Waals surface area (Å²) in [4.78, 5) is 13.1. The van der Waals surface area contributed by atoms with Crippen molar-refractivity contribution in [1.29, 1.82) is 0 Å². The number of carbonyl (C=O) groups excluding carboxylic acids is 1. The van der Waals surface area contributed by atoms with Crippen LogP contribution in [0.25, 0.3) is 0 Å². The third kappa shape index (κ3) is 3.97. The Bertz CT molecular complexity index is 203. The standard InChI is InChI=1S/C10H20N2O/c1-5-6-7-9(8(2)11)10(13)12(3)4/h5-7,11H2,1-4H3/b9-8+. The smallest absolute Gasteiger partial charge is 0.250 e. The summed E-state index contributed by atoms with van der Waals surface area (Å²) in [7, 11) is 3.49. The Labute approximate surface area is 80.6 Å². The van der Waals surface area contributed by atoms with E-state index in [2.05, 4.69) is 6.92 Å². The molecular formula is C10H20N2O. The first-order valence-electron chi connectivity index (χ1n) is 4.67. The zero-order valence-corrected chi connectivity index (χ0v) is 9.05. The van der Waals surface area contributed by atoms with Crippen LogP contribution in [0.5, 0.6) is 0 Å². The zero-order chi connectivity index (χ0) is 10.4. The van der Waals surface area contributed by atoms with Gasteiger partial charge in [-0.25, -0.2) is 0 Å². The molecule has 0 spiro atoms. The van der Waals surface area contributed by atoms with E-state index in [4.69, 9.17) is 5.73 Å². The minimum atomic E-state index is 0.0356. The summed E-state index contributed by atoms with van der Waals surface area (Å²) < 4.78 is 0. The zero-order valence-electron chi connectivity index (χ0n) is 9.05. The number of likely N-dealkylation sites (N-methyl/N-ethyl adjacent to an activating group) is 1. The number of nitrogens with two attached hydrogens (primary N) is 1. The lowest BCUT2D eigenvalue weighted by Crippen LogP contribution is -2.25. The largest absolute Gasteiger partial charge is 0.402 e. The van der Waals surface area contributed by atoms with Crippen LogP contribution in [0.1, 0.15) is 33.1 Å². The van der Waals surface area contributed by atoms with Gasteiger partial charge in [0.1, 0.15) is 0 Å². The first-order valence-corrected chi connectivity index (χ1v) is 4.67. The number of carbonyl (C=O) groups is 1. The van der Waals surface area contributed by atoms with E-state index in [9.17, 15) is 4.79 Å². The van der Waals surface area contributed by atoms with Crippen molar-refractivity contribution in [1.82, 2.24) is 4.90 Å². The highest BCUT2D eigenvalue weighted by Gasteiger charge is 2.12. The molecule has 3 heteroatoms. The molecule has 0 heterocycles. The van der Waals surface area contributed by atoms with Gasteiger partial charge in [0.2, 0.25) is 0 Å². The third-order valence-corrected chi connectivity index (χ3v) is 1.92. The summed E-state index contributed by atoms with van der Waals surface area (Å²) in [5.41, 5.74) is 7.05. The molecule has 3 nitrogen and oxygen atoms in total. The van der Waals surface area contributed by atoms with Crippen molar-refractivity contribution in [3.8, 4) is 0 Å². The van der Waals surface area contributed by atoms with E-state index in [-0.39, 0.29) is 5.91 Å². The van der Waals surface area contributed by atoms with Gasteiger partial charge in [-0.1, -0.05) is 13.3 Å². The second kappa shape index (κ2) is 5.62. The minimum absolute atomic E-state index is 0.0356. The fraction of sp³-hybridized carbons (Fsp3) is 0.700. The Morgan fingerprint density at radius 3 is 2.23 bits per heavy atom. The minimum Gasteiger partial charge on any atom is -0.402 e. The molecule has 0 aromatic rings. The first kappa shape index (κ1) is 12.0. The fourth-order valence-corrected chi connectivity index (χ4v) is 1.10. The first-order chi connectivity index (χ1) is 6.00. The second-order valence-corrected chi connectivity index (χ2v) is 3.46. The molecule has 76 valence electrons. The number of amides is 1. The lowest BCUT2D eigenvalue weighted by Gasteiger charge is -2.14. The van der Waals surface area contributed by atoms with E-state index >= 15 is 0 Å². The van der Waals surface area contributed by atoms with Crippen molar-refractivity contribution >= 4 is 5.91 Å². The number of hydrogen-bond donors (Lipinski definition) is 1. The number of rotatable bonds is 4. The molecule has 2 N–H and O–H groups in total. The maximum Gasteiger partial charge on any atom is 0.250 e. The van der Waals surface area contributed by atoms with Crippen LogP contribution in [0.4, 0.5) is 0 Å². The molecule has 13 heavy (non-hydrogen) atoms. The number of allylic oxidation sites excluding steroid dienone is 1. The Hall–Kier alpha value is -0.990. The van der Waals surface area contributed by atoms with Gasteiger partial charge in [-0.05, 0) is 19.8 Å². The Balaban J connectivity index is 4.45. The highest BCUT2D eigenvalue weighted by molar-refractivity contribution is 5.93. The average molecular weight is 184 g/mol. The van der Waals surface area contributed by atoms with Gasteiger partial charge >= 0.3 is 0 Å². The number of hydrogen-bond acceptors (Lipinski definition) is 2. The van der Waals surface area contributed by atoms with Crippen LogP contribution in [0, 0.1) is 0 Å². The van der Waals surface area contributed by atoms with Crippen LogP contribution in [0.3, 0.4) is 0 Å². The summed E-state index contributed by atoms with van der Waals surface area (Å²) in [6.07, 6.45) is 2.89. The van der Waals surface area contributed by atoms with Gasteiger partial charge in [-0.3, -0.25) is 4.79 Å². The molecule has 0 aliphatic heterocycles. The lowest BCUT2D eigenvalue weighted by molar-refractivity contribution is -0.124. The maximum absolute atomic E-state index is 11.6. The van der Waals surface area contributed by atoms with Crippen LogP contribution >= 0.6 is 0 Å². The SMILES string of the molecule is CCCC/C(C(=O)N(C)C)=C(/C)N. The number of unbranched alkanes of at least 4 members (excludes halogenated alkanes) is 1. The predicted octanol–water partition coefficient (Wildman–Crippen LogP) is 1.50. The van der Waals surface area contributed by atoms with Gasteiger partial charge in [-0.2, -0.15) is 0 Å². The van der Waals surface area contributed by atoms with E-state index in [1.807, 2.05) is 0 Å². The van der Waals surface area contributed by atoms with Gasteiger partial charge in [0.25, 0.3) is 5.91 Å². The number of nitrogens with zero attached hydrogens (tertiary/aromatic N) is 1. The molecular weight excluding hydrogens is 164 g/mol. The summed E-state index contributed by atoms with van der Waals surface area (Å²) in [5.74, 6) is 0.0356. The molecule has 0 saturated heterocycles. The van der Waals surface area contributed by atoms with Crippen molar-refractivity contribution in [3.05, 3.63) is 11.3 Å². The molecule has 0 atom stereocenters. The van der Waals surface area contributed by atoms with E-state index in [0.717, 1.165) is 24.8 Å². The highest BCUT2D eigenvalue weighted by atomic mass is 16.2. The van der Waals surface area contributed by atoms with E-state index in [1.54, 1.807) is 25.9 Å². The molecule has 0 saturated carbocycles. The second-order valence-electron chi connectivity index (χ2n) is 3.46. The molecule has 0 rings (SSSR count). The predicted molar refractivity (Wildman–Crippen MR) is 55.1 cm³/mol. The van der Waals surface area contributed by atoms with Crippen molar-refractivity contribution in [2.75, 3.05) is 14.1 Å². The van der Waals surface area contributed by atoms with Crippen molar-refractivity contribution in [2.24, 2.45) is 5.73 Å². The molecule has 0 aromatic carbocycles. The topological polar surface area (TPSA) is 46.3 Å². The molecule has 0 aliphatic rings. The van der Waals surface area contributed by atoms with Crippen LogP contribution in [0.2, 0.25) is 0 Å². The molecule has 1 amide bonds.